The van der Waals surface area contributed by atoms with Crippen LogP contribution in [0.3, 0.4) is 0 Å². The van der Waals surface area contributed by atoms with Gasteiger partial charge in [-0.1, -0.05) is 23.7 Å². The van der Waals surface area contributed by atoms with Crippen LogP contribution < -0.4 is 5.32 Å². The molecular weight excluding hydrogens is 319 g/mol. The number of halogens is 4. The summed E-state index contributed by atoms with van der Waals surface area (Å²) >= 11 is 5.68. The lowest BCUT2D eigenvalue weighted by molar-refractivity contribution is -0.143. The third-order valence-electron chi connectivity index (χ3n) is 3.11. The van der Waals surface area contributed by atoms with Crippen LogP contribution in [0.2, 0.25) is 5.02 Å². The number of hydrogen-bond donors (Lipinski definition) is 1. The molecule has 0 radical (unpaired) electrons. The maximum atomic E-state index is 12.9. The number of aromatic nitrogens is 2. The maximum Gasteiger partial charge on any atom is 0.434 e. The number of benzene rings is 1. The molecule has 0 atom stereocenters. The molecule has 0 fully saturated rings. The molecule has 118 valence electrons. The minimum atomic E-state index is -4.68. The van der Waals surface area contributed by atoms with Gasteiger partial charge in [0.05, 0.1) is 0 Å². The van der Waals surface area contributed by atoms with Crippen molar-refractivity contribution in [2.45, 2.75) is 20.0 Å². The highest BCUT2D eigenvalue weighted by Gasteiger charge is 2.40. The molecule has 1 aromatic carbocycles. The average molecular weight is 332 g/mol. The summed E-state index contributed by atoms with van der Waals surface area (Å²) in [7, 11) is 1.09. The smallest absolute Gasteiger partial charge is 0.320 e. The largest absolute Gasteiger partial charge is 0.434 e. The molecule has 1 amide bonds. The quantitative estimate of drug-likeness (QED) is 0.905. The molecule has 1 aromatic heterocycles. The second-order valence-corrected chi connectivity index (χ2v) is 5.28. The van der Waals surface area contributed by atoms with Crippen molar-refractivity contribution in [1.82, 2.24) is 9.78 Å². The molecule has 1 heterocycles. The van der Waals surface area contributed by atoms with Crippen molar-refractivity contribution < 1.29 is 18.0 Å². The normalized spacial score (nSPS) is 11.6. The lowest BCUT2D eigenvalue weighted by Crippen LogP contribution is -2.14. The Morgan fingerprint density at radius 3 is 2.50 bits per heavy atom. The molecule has 0 saturated carbocycles. The van der Waals surface area contributed by atoms with Gasteiger partial charge in [0.15, 0.2) is 11.4 Å². The summed E-state index contributed by atoms with van der Waals surface area (Å²) in [4.78, 5) is 12.2. The van der Waals surface area contributed by atoms with E-state index in [1.807, 2.05) is 13.0 Å². The number of nitrogens with zero attached hydrogens (tertiary/aromatic N) is 2. The molecule has 0 aliphatic heterocycles. The number of rotatable bonds is 2. The molecule has 0 aliphatic rings. The van der Waals surface area contributed by atoms with Gasteiger partial charge in [-0.05, 0) is 31.0 Å². The molecule has 0 bridgehead atoms. The van der Waals surface area contributed by atoms with Crippen molar-refractivity contribution in [3.63, 3.8) is 0 Å². The summed E-state index contributed by atoms with van der Waals surface area (Å²) < 4.78 is 39.1. The zero-order chi connectivity index (χ0) is 16.7. The monoisotopic (exact) mass is 331 g/mol. The Bertz CT molecular complexity index is 738. The number of anilines is 1. The van der Waals surface area contributed by atoms with Crippen LogP contribution in [0.25, 0.3) is 0 Å². The van der Waals surface area contributed by atoms with Gasteiger partial charge in [0.1, 0.15) is 5.02 Å². The first-order chi connectivity index (χ1) is 10.1. The predicted molar refractivity (Wildman–Crippen MR) is 77.1 cm³/mol. The highest BCUT2D eigenvalue weighted by molar-refractivity contribution is 6.34. The second kappa shape index (κ2) is 5.64. The number of amides is 1. The summed E-state index contributed by atoms with van der Waals surface area (Å²) in [6.45, 7) is 3.61. The number of hydrogen-bond acceptors (Lipinski definition) is 2. The third kappa shape index (κ3) is 3.09. The van der Waals surface area contributed by atoms with Crippen molar-refractivity contribution in [2.24, 2.45) is 7.05 Å². The first-order valence-electron chi connectivity index (χ1n) is 6.29. The first-order valence-corrected chi connectivity index (χ1v) is 6.67. The Morgan fingerprint density at radius 2 is 1.95 bits per heavy atom. The van der Waals surface area contributed by atoms with Crippen LogP contribution >= 0.6 is 11.6 Å². The molecule has 0 unspecified atom stereocenters. The lowest BCUT2D eigenvalue weighted by atomic mass is 10.1. The van der Waals surface area contributed by atoms with Gasteiger partial charge in [-0.15, -0.1) is 0 Å². The van der Waals surface area contributed by atoms with Gasteiger partial charge in [-0.25, -0.2) is 0 Å². The van der Waals surface area contributed by atoms with Gasteiger partial charge in [-0.3, -0.25) is 9.48 Å². The van der Waals surface area contributed by atoms with Crippen molar-refractivity contribution in [3.8, 4) is 0 Å². The van der Waals surface area contributed by atoms with Crippen LogP contribution in [0.1, 0.15) is 27.3 Å². The van der Waals surface area contributed by atoms with Gasteiger partial charge in [-0.2, -0.15) is 18.3 Å². The van der Waals surface area contributed by atoms with Crippen LogP contribution in [0, 0.1) is 13.8 Å². The zero-order valence-electron chi connectivity index (χ0n) is 12.0. The molecule has 0 aliphatic carbocycles. The molecule has 0 saturated heterocycles. The number of carbonyl (C=O) groups is 1. The highest BCUT2D eigenvalue weighted by Crippen LogP contribution is 2.36. The van der Waals surface area contributed by atoms with E-state index in [0.717, 1.165) is 18.2 Å². The second-order valence-electron chi connectivity index (χ2n) is 4.91. The fourth-order valence-corrected chi connectivity index (χ4v) is 2.36. The van der Waals surface area contributed by atoms with Gasteiger partial charge >= 0.3 is 6.18 Å². The van der Waals surface area contributed by atoms with Crippen molar-refractivity contribution in [2.75, 3.05) is 5.32 Å². The van der Waals surface area contributed by atoms with Crippen molar-refractivity contribution >= 4 is 23.2 Å². The van der Waals surface area contributed by atoms with Crippen LogP contribution in [0.5, 0.6) is 0 Å². The van der Waals surface area contributed by atoms with Gasteiger partial charge in [0.25, 0.3) is 5.91 Å². The van der Waals surface area contributed by atoms with E-state index in [0.29, 0.717) is 10.4 Å². The molecule has 1 N–H and O–H groups in total. The number of aryl methyl sites for hydroxylation is 3. The van der Waals surface area contributed by atoms with Crippen LogP contribution in [-0.4, -0.2) is 15.7 Å². The van der Waals surface area contributed by atoms with Crippen molar-refractivity contribution in [3.05, 3.63) is 45.7 Å². The van der Waals surface area contributed by atoms with Gasteiger partial charge in [0.2, 0.25) is 0 Å². The minimum absolute atomic E-state index is 0.461. The molecule has 2 rings (SSSR count). The topological polar surface area (TPSA) is 46.9 Å². The van der Waals surface area contributed by atoms with Crippen LogP contribution in [0.15, 0.2) is 18.2 Å². The highest BCUT2D eigenvalue weighted by atomic mass is 35.5. The Balaban J connectivity index is 2.37. The molecule has 2 aromatic rings. The van der Waals surface area contributed by atoms with E-state index in [-0.39, 0.29) is 0 Å². The average Bonchev–Trinajstić information content (AvgIpc) is 2.68. The van der Waals surface area contributed by atoms with E-state index in [2.05, 4.69) is 10.4 Å². The lowest BCUT2D eigenvalue weighted by Gasteiger charge is -2.08. The maximum absolute atomic E-state index is 12.9. The van der Waals surface area contributed by atoms with E-state index < -0.39 is 28.5 Å². The van der Waals surface area contributed by atoms with Gasteiger partial charge < -0.3 is 5.32 Å². The summed E-state index contributed by atoms with van der Waals surface area (Å²) in [5, 5.41) is 5.40. The fraction of sp³-hybridized carbons (Fsp3) is 0.286. The summed E-state index contributed by atoms with van der Waals surface area (Å²) in [5.41, 5.74) is 0.573. The SMILES string of the molecule is Cc1ccc(C)c(NC(=O)c2nn(C)c(C(F)(F)F)c2Cl)c1. The third-order valence-corrected chi connectivity index (χ3v) is 3.47. The predicted octanol–water partition coefficient (Wildman–Crippen LogP) is 3.96. The summed E-state index contributed by atoms with van der Waals surface area (Å²) in [6.07, 6.45) is -4.68. The molecule has 22 heavy (non-hydrogen) atoms. The molecule has 8 heteroatoms. The summed E-state index contributed by atoms with van der Waals surface area (Å²) in [5.74, 6) is -0.787. The van der Waals surface area contributed by atoms with E-state index in [4.69, 9.17) is 11.6 Å². The van der Waals surface area contributed by atoms with E-state index in [9.17, 15) is 18.0 Å². The zero-order valence-corrected chi connectivity index (χ0v) is 12.8. The van der Waals surface area contributed by atoms with E-state index >= 15 is 0 Å². The number of nitrogens with one attached hydrogen (secondary N) is 1. The Kier molecular flexibility index (Phi) is 4.19. The molecular formula is C14H13ClF3N3O. The van der Waals surface area contributed by atoms with E-state index in [1.54, 1.807) is 19.1 Å². The van der Waals surface area contributed by atoms with E-state index in [1.165, 1.54) is 0 Å². The summed E-state index contributed by atoms with van der Waals surface area (Å²) in [6, 6.07) is 5.38. The Hall–Kier alpha value is -2.02. The Morgan fingerprint density at radius 1 is 1.32 bits per heavy atom. The molecule has 0 spiro atoms. The Labute approximate surface area is 129 Å². The van der Waals surface area contributed by atoms with Crippen LogP contribution in [-0.2, 0) is 13.2 Å². The molecule has 4 nitrogen and oxygen atoms in total. The minimum Gasteiger partial charge on any atom is -0.320 e. The number of alkyl halides is 3. The van der Waals surface area contributed by atoms with Crippen molar-refractivity contribution in [1.29, 1.82) is 0 Å². The van der Waals surface area contributed by atoms with Gasteiger partial charge in [0, 0.05) is 12.7 Å². The van der Waals surface area contributed by atoms with Crippen LogP contribution in [0.4, 0.5) is 18.9 Å². The number of carbonyl (C=O) groups excluding carboxylic acids is 1. The first kappa shape index (κ1) is 16.4. The standard InChI is InChI=1S/C14H13ClF3N3O/c1-7-4-5-8(2)9(6-7)19-13(22)11-10(15)12(14(16,17)18)21(3)20-11/h4-6H,1-3H3,(H,19,22). The fourth-order valence-electron chi connectivity index (χ4n) is 2.00.